The molecular formula is C16H24O8. The van der Waals surface area contributed by atoms with E-state index in [1.54, 1.807) is 21.0 Å². The molecule has 4 aliphatic heterocycles. The van der Waals surface area contributed by atoms with Gasteiger partial charge in [0.2, 0.25) is 0 Å². The fraction of sp³-hybridized carbons (Fsp3) is 0.938. The van der Waals surface area contributed by atoms with Crippen molar-refractivity contribution in [3.8, 4) is 0 Å². The minimum Gasteiger partial charge on any atom is -0.457 e. The van der Waals surface area contributed by atoms with Gasteiger partial charge in [-0.1, -0.05) is 0 Å². The fourth-order valence-electron chi connectivity index (χ4n) is 3.97. The van der Waals surface area contributed by atoms with Gasteiger partial charge in [-0.3, -0.25) is 0 Å². The summed E-state index contributed by atoms with van der Waals surface area (Å²) in [5.41, 5.74) is 0. The molecule has 0 amide bonds. The van der Waals surface area contributed by atoms with E-state index < -0.39 is 42.1 Å². The zero-order valence-electron chi connectivity index (χ0n) is 14.5. The minimum atomic E-state index is -0.798. The van der Waals surface area contributed by atoms with E-state index in [2.05, 4.69) is 0 Å². The number of ether oxygens (including phenoxy) is 7. The second kappa shape index (κ2) is 5.36. The summed E-state index contributed by atoms with van der Waals surface area (Å²) in [6, 6.07) is 0. The highest BCUT2D eigenvalue weighted by Gasteiger charge is 2.60. The number of hydrogen-bond acceptors (Lipinski definition) is 8. The Labute approximate surface area is 140 Å². The lowest BCUT2D eigenvalue weighted by molar-refractivity contribution is -0.236. The zero-order valence-corrected chi connectivity index (χ0v) is 14.5. The van der Waals surface area contributed by atoms with Gasteiger partial charge in [-0.15, -0.1) is 0 Å². The monoisotopic (exact) mass is 344 g/mol. The highest BCUT2D eigenvalue weighted by atomic mass is 16.8. The molecule has 0 saturated carbocycles. The largest absolute Gasteiger partial charge is 0.457 e. The summed E-state index contributed by atoms with van der Waals surface area (Å²) in [6.07, 6.45) is -2.82. The van der Waals surface area contributed by atoms with Crippen molar-refractivity contribution in [1.29, 1.82) is 0 Å². The van der Waals surface area contributed by atoms with Crippen molar-refractivity contribution < 1.29 is 38.0 Å². The molecule has 7 atom stereocenters. The molecule has 24 heavy (non-hydrogen) atoms. The topological polar surface area (TPSA) is 81.7 Å². The zero-order chi connectivity index (χ0) is 17.3. The van der Waals surface area contributed by atoms with Crippen LogP contribution in [0.4, 0.5) is 0 Å². The first kappa shape index (κ1) is 16.7. The van der Waals surface area contributed by atoms with Crippen molar-refractivity contribution in [1.82, 2.24) is 0 Å². The second-order valence-corrected chi connectivity index (χ2v) is 7.58. The molecule has 0 N–H and O–H groups in total. The lowest BCUT2D eigenvalue weighted by atomic mass is 9.96. The van der Waals surface area contributed by atoms with Gasteiger partial charge in [0, 0.05) is 13.5 Å². The van der Waals surface area contributed by atoms with Gasteiger partial charge in [0.05, 0.1) is 0 Å². The number of cyclic esters (lactones) is 1. The molecule has 0 radical (unpaired) electrons. The molecule has 4 rings (SSSR count). The number of fused-ring (bicyclic) bond motifs is 2. The molecule has 8 nitrogen and oxygen atoms in total. The minimum absolute atomic E-state index is 0.355. The predicted molar refractivity (Wildman–Crippen MR) is 77.8 cm³/mol. The molecule has 4 aliphatic rings. The Hall–Kier alpha value is -0.770. The van der Waals surface area contributed by atoms with E-state index >= 15 is 0 Å². The first-order chi connectivity index (χ1) is 11.2. The van der Waals surface area contributed by atoms with Crippen molar-refractivity contribution in [2.24, 2.45) is 0 Å². The van der Waals surface area contributed by atoms with Crippen LogP contribution in [0.5, 0.6) is 0 Å². The van der Waals surface area contributed by atoms with Crippen molar-refractivity contribution in [2.45, 2.75) is 88.6 Å². The van der Waals surface area contributed by atoms with Gasteiger partial charge in [-0.2, -0.15) is 0 Å². The van der Waals surface area contributed by atoms with Crippen molar-refractivity contribution in [2.75, 3.05) is 7.11 Å². The molecule has 0 aromatic heterocycles. The van der Waals surface area contributed by atoms with Crippen LogP contribution in [-0.4, -0.2) is 67.6 Å². The van der Waals surface area contributed by atoms with Crippen LogP contribution in [-0.2, 0) is 38.0 Å². The average molecular weight is 344 g/mol. The number of methoxy groups -OCH3 is 1. The maximum Gasteiger partial charge on any atom is 0.338 e. The van der Waals surface area contributed by atoms with Crippen LogP contribution < -0.4 is 0 Å². The van der Waals surface area contributed by atoms with Crippen LogP contribution in [0.1, 0.15) is 34.1 Å². The maximum atomic E-state index is 12.3. The molecule has 0 aromatic rings. The SMILES string of the molecule is CO[C@@H]1[C@H]2OC(C)(C)O[C@H]2O[C@@H]1[C@H]1C[C@H]2OC(C)(C)O[C@H]2C(=O)O1. The second-order valence-electron chi connectivity index (χ2n) is 7.58. The molecule has 4 heterocycles. The third kappa shape index (κ3) is 2.65. The van der Waals surface area contributed by atoms with Crippen LogP contribution in [0.2, 0.25) is 0 Å². The Kier molecular flexibility index (Phi) is 3.73. The highest BCUT2D eigenvalue weighted by Crippen LogP contribution is 2.43. The van der Waals surface area contributed by atoms with Crippen LogP contribution >= 0.6 is 0 Å². The predicted octanol–water partition coefficient (Wildman–Crippen LogP) is 0.713. The van der Waals surface area contributed by atoms with Crippen LogP contribution in [0.3, 0.4) is 0 Å². The Morgan fingerprint density at radius 1 is 0.958 bits per heavy atom. The Morgan fingerprint density at radius 3 is 2.38 bits per heavy atom. The number of rotatable bonds is 2. The molecule has 0 unspecified atom stereocenters. The summed E-state index contributed by atoms with van der Waals surface area (Å²) in [6.45, 7) is 7.22. The number of esters is 1. The molecule has 0 aromatic carbocycles. The quantitative estimate of drug-likeness (QED) is 0.678. The molecule has 8 heteroatoms. The molecule has 4 fully saturated rings. The fourth-order valence-corrected chi connectivity index (χ4v) is 3.97. The van der Waals surface area contributed by atoms with Crippen LogP contribution in [0.15, 0.2) is 0 Å². The van der Waals surface area contributed by atoms with Gasteiger partial charge < -0.3 is 33.2 Å². The first-order valence-corrected chi connectivity index (χ1v) is 8.29. The van der Waals surface area contributed by atoms with Gasteiger partial charge in [0.15, 0.2) is 24.0 Å². The van der Waals surface area contributed by atoms with Gasteiger partial charge in [0.1, 0.15) is 30.5 Å². The van der Waals surface area contributed by atoms with Crippen molar-refractivity contribution >= 4 is 5.97 Å². The average Bonchev–Trinajstić information content (AvgIpc) is 3.04. The summed E-state index contributed by atoms with van der Waals surface area (Å²) in [5, 5.41) is 0. The maximum absolute atomic E-state index is 12.3. The van der Waals surface area contributed by atoms with Gasteiger partial charge in [0.25, 0.3) is 0 Å². The molecule has 0 bridgehead atoms. The van der Waals surface area contributed by atoms with E-state index in [9.17, 15) is 4.79 Å². The van der Waals surface area contributed by atoms with E-state index in [0.717, 1.165) is 0 Å². The summed E-state index contributed by atoms with van der Waals surface area (Å²) in [7, 11) is 1.59. The summed E-state index contributed by atoms with van der Waals surface area (Å²) < 4.78 is 40.2. The Balaban J connectivity index is 1.50. The van der Waals surface area contributed by atoms with Crippen LogP contribution in [0.25, 0.3) is 0 Å². The van der Waals surface area contributed by atoms with E-state index in [-0.39, 0.29) is 18.3 Å². The number of carbonyl (C=O) groups excluding carboxylic acids is 1. The van der Waals surface area contributed by atoms with Crippen molar-refractivity contribution in [3.63, 3.8) is 0 Å². The molecular weight excluding hydrogens is 320 g/mol. The summed E-state index contributed by atoms with van der Waals surface area (Å²) in [4.78, 5) is 12.3. The first-order valence-electron chi connectivity index (χ1n) is 8.29. The highest BCUT2D eigenvalue weighted by molar-refractivity contribution is 5.77. The van der Waals surface area contributed by atoms with E-state index in [4.69, 9.17) is 33.2 Å². The number of hydrogen-bond donors (Lipinski definition) is 0. The third-order valence-corrected chi connectivity index (χ3v) is 4.81. The standard InChI is InChI=1S/C16H24O8/c1-15(2)21-8-6-7(19-13(17)10(8)22-15)9-11(18-5)12-14(20-9)24-16(3,4)23-12/h7-12,14H,6H2,1-5H3/t7-,8-,9-,10-,11+,12-,14-/m1/s1. The lowest BCUT2D eigenvalue weighted by Gasteiger charge is -2.35. The Bertz CT molecular complexity index is 532. The normalized spacial score (nSPS) is 48.9. The Morgan fingerprint density at radius 2 is 1.67 bits per heavy atom. The molecule has 4 saturated heterocycles. The van der Waals surface area contributed by atoms with Crippen LogP contribution in [0, 0.1) is 0 Å². The van der Waals surface area contributed by atoms with Gasteiger partial charge in [-0.25, -0.2) is 4.79 Å². The molecule has 0 spiro atoms. The van der Waals surface area contributed by atoms with Gasteiger partial charge >= 0.3 is 5.97 Å². The lowest BCUT2D eigenvalue weighted by Crippen LogP contribution is -2.51. The number of carbonyl (C=O) groups is 1. The third-order valence-electron chi connectivity index (χ3n) is 4.81. The van der Waals surface area contributed by atoms with E-state index in [0.29, 0.717) is 6.42 Å². The molecule has 136 valence electrons. The van der Waals surface area contributed by atoms with E-state index in [1.807, 2.05) is 13.8 Å². The summed E-state index contributed by atoms with van der Waals surface area (Å²) in [5.74, 6) is -1.95. The molecule has 0 aliphatic carbocycles. The van der Waals surface area contributed by atoms with Crippen molar-refractivity contribution in [3.05, 3.63) is 0 Å². The summed E-state index contributed by atoms with van der Waals surface area (Å²) >= 11 is 0. The van der Waals surface area contributed by atoms with E-state index in [1.165, 1.54) is 0 Å². The van der Waals surface area contributed by atoms with Gasteiger partial charge in [-0.05, 0) is 27.7 Å². The smallest absolute Gasteiger partial charge is 0.338 e.